The molecule has 0 unspecified atom stereocenters. The first-order chi connectivity index (χ1) is 16.7. The zero-order chi connectivity index (χ0) is 25.8. The molecule has 6 fully saturated rings. The first kappa shape index (κ1) is 23.8. The van der Waals surface area contributed by atoms with Crippen LogP contribution in [0.5, 0.6) is 0 Å². The highest BCUT2D eigenvalue weighted by Gasteiger charge is 2.85. The second-order valence-corrected chi connectivity index (χ2v) is 13.6. The van der Waals surface area contributed by atoms with Gasteiger partial charge in [-0.3, -0.25) is 4.79 Å². The molecule has 2 saturated heterocycles. The van der Waals surface area contributed by atoms with Gasteiger partial charge in [0.25, 0.3) is 0 Å². The summed E-state index contributed by atoms with van der Waals surface area (Å²) in [5.74, 6) is -0.702. The lowest BCUT2D eigenvalue weighted by Crippen LogP contribution is -2.73. The molecule has 36 heavy (non-hydrogen) atoms. The first-order valence-corrected chi connectivity index (χ1v) is 13.6. The molecule has 198 valence electrons. The Morgan fingerprint density at radius 2 is 1.78 bits per heavy atom. The Morgan fingerprint density at radius 3 is 2.47 bits per heavy atom. The normalized spacial score (nSPS) is 58.6. The molecule has 7 rings (SSSR count). The number of carbonyl (C=O) groups is 2. The van der Waals surface area contributed by atoms with E-state index in [1.54, 1.807) is 13.8 Å². The summed E-state index contributed by atoms with van der Waals surface area (Å²) in [5.41, 5.74) is -5.66. The lowest BCUT2D eigenvalue weighted by Gasteiger charge is -2.63. The molecule has 8 heteroatoms. The van der Waals surface area contributed by atoms with Crippen molar-refractivity contribution in [3.63, 3.8) is 0 Å². The molecular formula is C28H38O8. The molecule has 7 aliphatic rings. The molecule has 0 bridgehead atoms. The topological polar surface area (TPSA) is 129 Å². The molecule has 4 aliphatic carbocycles. The number of fused-ring (bicyclic) bond motifs is 5. The molecule has 12 atom stereocenters. The van der Waals surface area contributed by atoms with E-state index in [1.165, 1.54) is 0 Å². The number of ketones is 1. The van der Waals surface area contributed by atoms with Crippen molar-refractivity contribution in [3.8, 4) is 0 Å². The standard InChI is InChI=1S/C28H38O8/c1-13-10-18(35-22(30)14(13)2)25(5,31)28(33)9-8-26(32)16-11-19-27(36-19)12-17-20(34-17)21(29)24(27,4)15(16)6-7-23(26,28)3/h15-20,31-33H,6-12H2,1-5H3/t15-,16+,17+,18-,19+,20+,23-,24-,25-,26+,27+,28-/m0/s1. The summed E-state index contributed by atoms with van der Waals surface area (Å²) in [6.07, 6.45) is 1.88. The van der Waals surface area contributed by atoms with Crippen molar-refractivity contribution >= 4 is 11.8 Å². The highest BCUT2D eigenvalue weighted by molar-refractivity contribution is 5.95. The third-order valence-corrected chi connectivity index (χ3v) is 12.7. The lowest BCUT2D eigenvalue weighted by atomic mass is 9.42. The van der Waals surface area contributed by atoms with Gasteiger partial charge < -0.3 is 29.5 Å². The number of hydrogen-bond donors (Lipinski definition) is 3. The molecule has 3 heterocycles. The third-order valence-electron chi connectivity index (χ3n) is 12.7. The van der Waals surface area contributed by atoms with Crippen LogP contribution in [0, 0.1) is 22.7 Å². The summed E-state index contributed by atoms with van der Waals surface area (Å²) in [7, 11) is 0. The maximum absolute atomic E-state index is 13.6. The monoisotopic (exact) mass is 502 g/mol. The van der Waals surface area contributed by atoms with Crippen LogP contribution in [-0.4, -0.2) is 73.9 Å². The summed E-state index contributed by atoms with van der Waals surface area (Å²) >= 11 is 0. The van der Waals surface area contributed by atoms with Gasteiger partial charge in [0, 0.05) is 23.8 Å². The van der Waals surface area contributed by atoms with Crippen molar-refractivity contribution in [2.75, 3.05) is 0 Å². The van der Waals surface area contributed by atoms with E-state index in [1.807, 2.05) is 20.8 Å². The number of aliphatic hydroxyl groups is 3. The van der Waals surface area contributed by atoms with Crippen LogP contribution in [0.3, 0.4) is 0 Å². The van der Waals surface area contributed by atoms with Crippen LogP contribution in [0.2, 0.25) is 0 Å². The minimum absolute atomic E-state index is 0.0323. The predicted octanol–water partition coefficient (Wildman–Crippen LogP) is 1.97. The zero-order valence-electron chi connectivity index (χ0n) is 21.8. The summed E-state index contributed by atoms with van der Waals surface area (Å²) in [4.78, 5) is 26.1. The van der Waals surface area contributed by atoms with Gasteiger partial charge >= 0.3 is 5.97 Å². The van der Waals surface area contributed by atoms with Crippen LogP contribution in [0.1, 0.15) is 79.6 Å². The van der Waals surface area contributed by atoms with Crippen LogP contribution in [0.25, 0.3) is 0 Å². The fourth-order valence-corrected chi connectivity index (χ4v) is 9.95. The second-order valence-electron chi connectivity index (χ2n) is 13.6. The highest BCUT2D eigenvalue weighted by atomic mass is 16.6. The van der Waals surface area contributed by atoms with Gasteiger partial charge in [0.15, 0.2) is 5.78 Å². The van der Waals surface area contributed by atoms with E-state index in [-0.39, 0.29) is 42.4 Å². The lowest BCUT2D eigenvalue weighted by molar-refractivity contribution is -0.282. The van der Waals surface area contributed by atoms with Gasteiger partial charge in [0.1, 0.15) is 29.0 Å². The number of cyclic esters (lactones) is 1. The fourth-order valence-electron chi connectivity index (χ4n) is 9.95. The van der Waals surface area contributed by atoms with Crippen molar-refractivity contribution in [2.24, 2.45) is 22.7 Å². The fraction of sp³-hybridized carbons (Fsp3) is 0.857. The Labute approximate surface area is 211 Å². The average Bonchev–Trinajstić information content (AvgIpc) is 3.72. The second kappa shape index (κ2) is 6.45. The smallest absolute Gasteiger partial charge is 0.334 e. The van der Waals surface area contributed by atoms with Gasteiger partial charge in [0.05, 0.1) is 23.2 Å². The van der Waals surface area contributed by atoms with E-state index >= 15 is 0 Å². The largest absolute Gasteiger partial charge is 0.455 e. The molecule has 0 aromatic rings. The van der Waals surface area contributed by atoms with E-state index in [4.69, 9.17) is 14.2 Å². The van der Waals surface area contributed by atoms with Crippen molar-refractivity contribution in [1.82, 2.24) is 0 Å². The van der Waals surface area contributed by atoms with Gasteiger partial charge in [-0.2, -0.15) is 0 Å². The zero-order valence-corrected chi connectivity index (χ0v) is 21.8. The van der Waals surface area contributed by atoms with E-state index < -0.39 is 45.3 Å². The van der Waals surface area contributed by atoms with Gasteiger partial charge in [-0.05, 0) is 71.6 Å². The number of esters is 1. The van der Waals surface area contributed by atoms with E-state index in [0.717, 1.165) is 12.0 Å². The Balaban J connectivity index is 1.26. The number of carbonyl (C=O) groups excluding carboxylic acids is 2. The van der Waals surface area contributed by atoms with Gasteiger partial charge in [-0.25, -0.2) is 4.79 Å². The quantitative estimate of drug-likeness (QED) is 0.386. The molecule has 0 aromatic heterocycles. The average molecular weight is 503 g/mol. The number of ether oxygens (including phenoxy) is 3. The molecule has 1 spiro atoms. The molecule has 3 aliphatic heterocycles. The maximum Gasteiger partial charge on any atom is 0.334 e. The first-order valence-electron chi connectivity index (χ1n) is 13.6. The summed E-state index contributed by atoms with van der Waals surface area (Å²) in [5, 5.41) is 36.8. The molecule has 0 amide bonds. The van der Waals surface area contributed by atoms with Crippen LogP contribution in [0.15, 0.2) is 11.1 Å². The minimum Gasteiger partial charge on any atom is -0.455 e. The molecule has 4 saturated carbocycles. The summed E-state index contributed by atoms with van der Waals surface area (Å²) in [6.45, 7) is 9.00. The van der Waals surface area contributed by atoms with Crippen molar-refractivity contribution in [3.05, 3.63) is 11.1 Å². The molecule has 8 nitrogen and oxygen atoms in total. The van der Waals surface area contributed by atoms with E-state index in [9.17, 15) is 24.9 Å². The Hall–Kier alpha value is -1.32. The van der Waals surface area contributed by atoms with Crippen LogP contribution in [0.4, 0.5) is 0 Å². The number of hydrogen-bond acceptors (Lipinski definition) is 8. The van der Waals surface area contributed by atoms with Crippen LogP contribution >= 0.6 is 0 Å². The number of Topliss-reactive ketones (excluding diaryl/α,β-unsaturated/α-hetero) is 1. The van der Waals surface area contributed by atoms with Gasteiger partial charge in [-0.1, -0.05) is 12.5 Å². The van der Waals surface area contributed by atoms with Crippen LogP contribution in [-0.2, 0) is 23.8 Å². The minimum atomic E-state index is -1.77. The Bertz CT molecular complexity index is 1130. The van der Waals surface area contributed by atoms with E-state index in [2.05, 4.69) is 0 Å². The maximum atomic E-state index is 13.6. The molecule has 3 N–H and O–H groups in total. The molecule has 0 radical (unpaired) electrons. The molecular weight excluding hydrogens is 464 g/mol. The third kappa shape index (κ3) is 2.29. The summed E-state index contributed by atoms with van der Waals surface area (Å²) < 4.78 is 17.7. The SMILES string of the molecule is CC1=C(C)C(=O)O[C@H]([C@](C)(O)[C@]2(O)CC[C@@]3(O)[C@@H]4C[C@H]5O[C@]56C[C@H]5O[C@H]5C(=O)[C@]6(C)[C@H]4CC[C@]23C)C1. The van der Waals surface area contributed by atoms with Crippen molar-refractivity contribution in [2.45, 2.75) is 126 Å². The summed E-state index contributed by atoms with van der Waals surface area (Å²) in [6, 6.07) is 0. The highest BCUT2D eigenvalue weighted by Crippen LogP contribution is 2.76. The number of rotatable bonds is 2. The van der Waals surface area contributed by atoms with Gasteiger partial charge in [0.2, 0.25) is 0 Å². The van der Waals surface area contributed by atoms with E-state index in [0.29, 0.717) is 37.7 Å². The van der Waals surface area contributed by atoms with Gasteiger partial charge in [-0.15, -0.1) is 0 Å². The number of epoxide rings is 2. The predicted molar refractivity (Wildman–Crippen MR) is 126 cm³/mol. The van der Waals surface area contributed by atoms with Crippen molar-refractivity contribution in [1.29, 1.82) is 0 Å². The van der Waals surface area contributed by atoms with Crippen LogP contribution < -0.4 is 0 Å². The molecule has 0 aromatic carbocycles. The Morgan fingerprint density at radius 1 is 1.06 bits per heavy atom. The Kier molecular flexibility index (Phi) is 4.26. The van der Waals surface area contributed by atoms with Crippen molar-refractivity contribution < 1.29 is 39.1 Å².